The number of thiophene rings is 1. The normalized spacial score (nSPS) is 11.1. The number of fused-ring (bicyclic) bond motifs is 1. The van der Waals surface area contributed by atoms with E-state index in [2.05, 4.69) is 23.4 Å². The fourth-order valence-electron chi connectivity index (χ4n) is 2.44. The van der Waals surface area contributed by atoms with Crippen LogP contribution in [0.4, 0.5) is 0 Å². The van der Waals surface area contributed by atoms with Crippen LogP contribution >= 0.6 is 22.9 Å². The van der Waals surface area contributed by atoms with E-state index in [0.717, 1.165) is 6.42 Å². The molecule has 5 heteroatoms. The van der Waals surface area contributed by atoms with Gasteiger partial charge in [-0.1, -0.05) is 19.1 Å². The second-order valence-corrected chi connectivity index (χ2v) is 6.06. The summed E-state index contributed by atoms with van der Waals surface area (Å²) in [5.41, 5.74) is 1.96. The Morgan fingerprint density at radius 1 is 1.29 bits per heavy atom. The molecule has 21 heavy (non-hydrogen) atoms. The van der Waals surface area contributed by atoms with Crippen LogP contribution in [-0.4, -0.2) is 9.55 Å². The number of rotatable bonds is 4. The molecule has 0 aliphatic carbocycles. The summed E-state index contributed by atoms with van der Waals surface area (Å²) in [5, 5.41) is 2.70. The van der Waals surface area contributed by atoms with Crippen molar-refractivity contribution in [2.45, 2.75) is 25.8 Å². The molecular formula is C16H15ClN2OS. The number of hydrogen-bond donors (Lipinski definition) is 0. The third-order valence-electron chi connectivity index (χ3n) is 3.58. The van der Waals surface area contributed by atoms with Gasteiger partial charge in [-0.3, -0.25) is 9.36 Å². The van der Waals surface area contributed by atoms with Crippen molar-refractivity contribution in [2.24, 2.45) is 0 Å². The molecule has 0 radical (unpaired) electrons. The summed E-state index contributed by atoms with van der Waals surface area (Å²) in [6.07, 6.45) is 0.963. The first kappa shape index (κ1) is 14.3. The van der Waals surface area contributed by atoms with Crippen LogP contribution in [0.3, 0.4) is 0 Å². The van der Waals surface area contributed by atoms with E-state index in [-0.39, 0.29) is 11.4 Å². The van der Waals surface area contributed by atoms with Crippen molar-refractivity contribution >= 4 is 33.8 Å². The first-order chi connectivity index (χ1) is 10.2. The van der Waals surface area contributed by atoms with E-state index in [1.165, 1.54) is 10.4 Å². The topological polar surface area (TPSA) is 34.9 Å². The third kappa shape index (κ3) is 2.61. The molecule has 108 valence electrons. The van der Waals surface area contributed by atoms with E-state index in [9.17, 15) is 4.79 Å². The summed E-state index contributed by atoms with van der Waals surface area (Å²) in [5.74, 6) is 0.850. The van der Waals surface area contributed by atoms with E-state index >= 15 is 0 Å². The Bertz CT molecular complexity index is 838. The average Bonchev–Trinajstić information content (AvgIpc) is 2.97. The summed E-state index contributed by atoms with van der Waals surface area (Å²) in [6, 6.07) is 9.51. The monoisotopic (exact) mass is 318 g/mol. The SMILES string of the molecule is CCc1ccsc1Cn1c(CCl)nc2ccccc2c1=O. The van der Waals surface area contributed by atoms with Crippen LogP contribution in [-0.2, 0) is 18.8 Å². The molecule has 0 amide bonds. The zero-order valence-corrected chi connectivity index (χ0v) is 13.2. The molecule has 0 saturated carbocycles. The van der Waals surface area contributed by atoms with Gasteiger partial charge in [0, 0.05) is 4.88 Å². The van der Waals surface area contributed by atoms with Gasteiger partial charge in [-0.2, -0.15) is 0 Å². The fraction of sp³-hybridized carbons (Fsp3) is 0.250. The van der Waals surface area contributed by atoms with Gasteiger partial charge in [0.1, 0.15) is 5.82 Å². The molecule has 0 bridgehead atoms. The highest BCUT2D eigenvalue weighted by Gasteiger charge is 2.12. The van der Waals surface area contributed by atoms with Crippen molar-refractivity contribution in [1.82, 2.24) is 9.55 Å². The largest absolute Gasteiger partial charge is 0.290 e. The second kappa shape index (κ2) is 6.00. The first-order valence-corrected chi connectivity index (χ1v) is 8.25. The van der Waals surface area contributed by atoms with Crippen LogP contribution in [0.25, 0.3) is 10.9 Å². The molecule has 0 aliphatic rings. The van der Waals surface area contributed by atoms with E-state index < -0.39 is 0 Å². The molecule has 0 N–H and O–H groups in total. The minimum absolute atomic E-state index is 0.0216. The third-order valence-corrected chi connectivity index (χ3v) is 4.77. The highest BCUT2D eigenvalue weighted by Crippen LogP contribution is 2.19. The molecule has 0 spiro atoms. The number of para-hydroxylation sites is 1. The maximum atomic E-state index is 12.7. The minimum atomic E-state index is -0.0216. The lowest BCUT2D eigenvalue weighted by Gasteiger charge is -2.12. The second-order valence-electron chi connectivity index (χ2n) is 4.79. The van der Waals surface area contributed by atoms with E-state index in [4.69, 9.17) is 11.6 Å². The first-order valence-electron chi connectivity index (χ1n) is 6.84. The molecule has 2 heterocycles. The Labute approximate surface area is 131 Å². The van der Waals surface area contributed by atoms with Gasteiger partial charge in [0.05, 0.1) is 23.3 Å². The lowest BCUT2D eigenvalue weighted by Crippen LogP contribution is -2.25. The Hall–Kier alpha value is -1.65. The summed E-state index contributed by atoms with van der Waals surface area (Å²) < 4.78 is 1.69. The van der Waals surface area contributed by atoms with E-state index in [1.807, 2.05) is 24.3 Å². The van der Waals surface area contributed by atoms with E-state index in [1.54, 1.807) is 15.9 Å². The Morgan fingerprint density at radius 3 is 2.86 bits per heavy atom. The van der Waals surface area contributed by atoms with Gasteiger partial charge in [0.2, 0.25) is 0 Å². The van der Waals surface area contributed by atoms with Crippen LogP contribution in [0.15, 0.2) is 40.5 Å². The van der Waals surface area contributed by atoms with Crippen molar-refractivity contribution in [1.29, 1.82) is 0 Å². The standard InChI is InChI=1S/C16H15ClN2OS/c1-2-11-7-8-21-14(11)10-19-15(9-17)18-13-6-4-3-5-12(13)16(19)20/h3-8H,2,9-10H2,1H3. The van der Waals surface area contributed by atoms with Gasteiger partial charge >= 0.3 is 0 Å². The van der Waals surface area contributed by atoms with Crippen molar-refractivity contribution in [3.05, 3.63) is 62.3 Å². The van der Waals surface area contributed by atoms with Crippen LogP contribution in [0, 0.1) is 0 Å². The van der Waals surface area contributed by atoms with Crippen molar-refractivity contribution < 1.29 is 0 Å². The molecule has 3 nitrogen and oxygen atoms in total. The number of alkyl halides is 1. The van der Waals surface area contributed by atoms with Gasteiger partial charge in [-0.25, -0.2) is 4.98 Å². The summed E-state index contributed by atoms with van der Waals surface area (Å²) >= 11 is 7.67. The zero-order chi connectivity index (χ0) is 14.8. The molecule has 3 rings (SSSR count). The van der Waals surface area contributed by atoms with Crippen LogP contribution < -0.4 is 5.56 Å². The fourth-order valence-corrected chi connectivity index (χ4v) is 3.61. The smallest absolute Gasteiger partial charge is 0.261 e. The molecule has 2 aromatic heterocycles. The minimum Gasteiger partial charge on any atom is -0.290 e. The van der Waals surface area contributed by atoms with Crippen molar-refractivity contribution in [2.75, 3.05) is 0 Å². The molecule has 0 atom stereocenters. The van der Waals surface area contributed by atoms with E-state index in [0.29, 0.717) is 23.3 Å². The van der Waals surface area contributed by atoms with Crippen LogP contribution in [0.1, 0.15) is 23.2 Å². The van der Waals surface area contributed by atoms with Gasteiger partial charge in [0.25, 0.3) is 5.56 Å². The lowest BCUT2D eigenvalue weighted by molar-refractivity contribution is 0.710. The molecule has 0 unspecified atom stereocenters. The number of nitrogens with zero attached hydrogens (tertiary/aromatic N) is 2. The van der Waals surface area contributed by atoms with Crippen molar-refractivity contribution in [3.8, 4) is 0 Å². The summed E-state index contributed by atoms with van der Waals surface area (Å²) in [4.78, 5) is 18.4. The average molecular weight is 319 g/mol. The molecule has 3 aromatic rings. The molecule has 0 aliphatic heterocycles. The number of benzene rings is 1. The number of hydrogen-bond acceptors (Lipinski definition) is 3. The number of halogens is 1. The molecule has 0 fully saturated rings. The Kier molecular flexibility index (Phi) is 4.08. The molecule has 1 aromatic carbocycles. The van der Waals surface area contributed by atoms with Crippen molar-refractivity contribution in [3.63, 3.8) is 0 Å². The lowest BCUT2D eigenvalue weighted by atomic mass is 10.2. The number of aryl methyl sites for hydroxylation is 1. The predicted molar refractivity (Wildman–Crippen MR) is 88.4 cm³/mol. The van der Waals surface area contributed by atoms with Gasteiger partial charge in [0.15, 0.2) is 0 Å². The number of aromatic nitrogens is 2. The van der Waals surface area contributed by atoms with Crippen LogP contribution in [0.5, 0.6) is 0 Å². The maximum Gasteiger partial charge on any atom is 0.261 e. The highest BCUT2D eigenvalue weighted by atomic mass is 35.5. The predicted octanol–water partition coefficient (Wildman–Crippen LogP) is 3.81. The molecule has 0 saturated heterocycles. The highest BCUT2D eigenvalue weighted by molar-refractivity contribution is 7.10. The van der Waals surface area contributed by atoms with Gasteiger partial charge in [-0.05, 0) is 35.6 Å². The summed E-state index contributed by atoms with van der Waals surface area (Å²) in [7, 11) is 0. The summed E-state index contributed by atoms with van der Waals surface area (Å²) in [6.45, 7) is 2.66. The van der Waals surface area contributed by atoms with Gasteiger partial charge in [-0.15, -0.1) is 22.9 Å². The Morgan fingerprint density at radius 2 is 2.10 bits per heavy atom. The zero-order valence-electron chi connectivity index (χ0n) is 11.7. The molecular weight excluding hydrogens is 304 g/mol. The van der Waals surface area contributed by atoms with Gasteiger partial charge < -0.3 is 0 Å². The quantitative estimate of drug-likeness (QED) is 0.686. The maximum absolute atomic E-state index is 12.7. The van der Waals surface area contributed by atoms with Crippen LogP contribution in [0.2, 0.25) is 0 Å². The Balaban J connectivity index is 2.17.